The van der Waals surface area contributed by atoms with Gasteiger partial charge in [-0.05, 0) is 6.42 Å². The van der Waals surface area contributed by atoms with Gasteiger partial charge < -0.3 is 19.6 Å². The van der Waals surface area contributed by atoms with Gasteiger partial charge in [-0.15, -0.1) is 0 Å². The molecule has 1 rings (SSSR count). The third-order valence-corrected chi connectivity index (χ3v) is 2.97. The van der Waals surface area contributed by atoms with Gasteiger partial charge in [0.1, 0.15) is 12.8 Å². The maximum Gasteiger partial charge on any atom is 0.319 e. The van der Waals surface area contributed by atoms with Gasteiger partial charge in [0.2, 0.25) is 5.91 Å². The van der Waals surface area contributed by atoms with Crippen molar-refractivity contribution in [3.63, 3.8) is 0 Å². The van der Waals surface area contributed by atoms with Gasteiger partial charge in [-0.1, -0.05) is 31.3 Å². The first-order valence-corrected chi connectivity index (χ1v) is 7.21. The fourth-order valence-electron chi connectivity index (χ4n) is 1.89. The molecule has 1 aromatic rings. The van der Waals surface area contributed by atoms with Crippen molar-refractivity contribution < 1.29 is 14.1 Å². The van der Waals surface area contributed by atoms with Crippen molar-refractivity contribution in [2.24, 2.45) is 0 Å². The van der Waals surface area contributed by atoms with E-state index in [4.69, 9.17) is 0 Å². The number of amides is 3. The van der Waals surface area contributed by atoms with E-state index < -0.39 is 0 Å². The van der Waals surface area contributed by atoms with Crippen LogP contribution < -0.4 is 5.32 Å². The van der Waals surface area contributed by atoms with Crippen LogP contribution in [-0.2, 0) is 4.79 Å². The van der Waals surface area contributed by atoms with Crippen LogP contribution in [0.15, 0.2) is 16.9 Å². The summed E-state index contributed by atoms with van der Waals surface area (Å²) in [6.07, 6.45) is 5.59. The topological polar surface area (TPSA) is 78.7 Å². The summed E-state index contributed by atoms with van der Waals surface area (Å²) < 4.78 is 4.64. The number of aromatic nitrogens is 1. The first kappa shape index (κ1) is 17.0. The molecule has 0 radical (unpaired) electrons. The average molecular weight is 296 g/mol. The second-order valence-electron chi connectivity index (χ2n) is 5.09. The van der Waals surface area contributed by atoms with E-state index in [0.29, 0.717) is 12.4 Å². The van der Waals surface area contributed by atoms with E-state index in [1.165, 1.54) is 11.2 Å². The molecule has 0 aliphatic carbocycles. The van der Waals surface area contributed by atoms with E-state index in [-0.39, 0.29) is 18.5 Å². The number of unbranched alkanes of at least 4 members (excludes halogenated alkanes) is 3. The van der Waals surface area contributed by atoms with Crippen LogP contribution in [0.25, 0.3) is 0 Å². The third-order valence-electron chi connectivity index (χ3n) is 2.97. The monoisotopic (exact) mass is 296 g/mol. The first-order chi connectivity index (χ1) is 10.0. The Hall–Kier alpha value is -2.05. The van der Waals surface area contributed by atoms with E-state index >= 15 is 0 Å². The average Bonchev–Trinajstić information content (AvgIpc) is 2.94. The van der Waals surface area contributed by atoms with Gasteiger partial charge >= 0.3 is 6.03 Å². The molecule has 1 heterocycles. The van der Waals surface area contributed by atoms with Gasteiger partial charge in [-0.2, -0.15) is 0 Å². The molecule has 0 saturated heterocycles. The van der Waals surface area contributed by atoms with Crippen LogP contribution in [0, 0.1) is 0 Å². The largest absolute Gasteiger partial charge is 0.363 e. The summed E-state index contributed by atoms with van der Waals surface area (Å²) in [4.78, 5) is 27.0. The number of anilines is 1. The molecular formula is C14H24N4O3. The summed E-state index contributed by atoms with van der Waals surface area (Å²) in [5.74, 6) is 0.0674. The molecule has 0 saturated carbocycles. The highest BCUT2D eigenvalue weighted by atomic mass is 16.5. The lowest BCUT2D eigenvalue weighted by Crippen LogP contribution is -2.44. The summed E-state index contributed by atoms with van der Waals surface area (Å²) in [5.41, 5.74) is 0. The zero-order valence-corrected chi connectivity index (χ0v) is 13.0. The van der Waals surface area contributed by atoms with Crippen molar-refractivity contribution in [3.8, 4) is 0 Å². The van der Waals surface area contributed by atoms with Gasteiger partial charge in [-0.25, -0.2) is 4.79 Å². The predicted octanol–water partition coefficient (Wildman–Crippen LogP) is 2.18. The molecule has 0 spiro atoms. The molecule has 0 fully saturated rings. The maximum atomic E-state index is 12.1. The van der Waals surface area contributed by atoms with Crippen molar-refractivity contribution in [2.75, 3.05) is 32.5 Å². The molecule has 0 atom stereocenters. The van der Waals surface area contributed by atoms with Crippen LogP contribution in [0.4, 0.5) is 10.6 Å². The number of hydrogen-bond donors (Lipinski definition) is 1. The molecule has 7 heteroatoms. The summed E-state index contributed by atoms with van der Waals surface area (Å²) in [6, 6.07) is 1.39. The predicted molar refractivity (Wildman–Crippen MR) is 79.9 cm³/mol. The molecule has 0 aromatic carbocycles. The van der Waals surface area contributed by atoms with E-state index in [1.54, 1.807) is 25.1 Å². The molecule has 0 aliphatic heterocycles. The molecule has 0 bridgehead atoms. The number of rotatable bonds is 8. The Morgan fingerprint density at radius 1 is 1.29 bits per heavy atom. The van der Waals surface area contributed by atoms with Crippen molar-refractivity contribution in [2.45, 2.75) is 32.6 Å². The van der Waals surface area contributed by atoms with Gasteiger partial charge in [-0.3, -0.25) is 4.79 Å². The SMILES string of the molecule is CCCCCCN(CC(=O)Nc1ccon1)C(=O)N(C)C. The highest BCUT2D eigenvalue weighted by Gasteiger charge is 2.18. The number of nitrogens with zero attached hydrogens (tertiary/aromatic N) is 3. The molecule has 3 amide bonds. The maximum absolute atomic E-state index is 12.1. The zero-order chi connectivity index (χ0) is 15.7. The van der Waals surface area contributed by atoms with Crippen LogP contribution in [0.1, 0.15) is 32.6 Å². The van der Waals surface area contributed by atoms with Gasteiger partial charge in [0.25, 0.3) is 0 Å². The minimum atomic E-state index is -0.283. The summed E-state index contributed by atoms with van der Waals surface area (Å²) in [6.45, 7) is 2.72. The summed E-state index contributed by atoms with van der Waals surface area (Å²) in [5, 5.41) is 6.20. The molecule has 21 heavy (non-hydrogen) atoms. The molecule has 0 aliphatic rings. The second-order valence-corrected chi connectivity index (χ2v) is 5.09. The molecular weight excluding hydrogens is 272 g/mol. The Bertz CT molecular complexity index is 431. The highest BCUT2D eigenvalue weighted by molar-refractivity contribution is 5.93. The van der Waals surface area contributed by atoms with Gasteiger partial charge in [0.05, 0.1) is 0 Å². The van der Waals surface area contributed by atoms with Crippen molar-refractivity contribution in [1.29, 1.82) is 0 Å². The van der Waals surface area contributed by atoms with Gasteiger partial charge in [0.15, 0.2) is 5.82 Å². The first-order valence-electron chi connectivity index (χ1n) is 7.21. The van der Waals surface area contributed by atoms with Crippen LogP contribution in [0.3, 0.4) is 0 Å². The van der Waals surface area contributed by atoms with Crippen LogP contribution in [-0.4, -0.2) is 54.1 Å². The minimum absolute atomic E-state index is 0.00992. The highest BCUT2D eigenvalue weighted by Crippen LogP contribution is 2.05. The van der Waals surface area contributed by atoms with Crippen molar-refractivity contribution in [3.05, 3.63) is 12.3 Å². The second kappa shape index (κ2) is 8.99. The number of urea groups is 1. The molecule has 118 valence electrons. The van der Waals surface area contributed by atoms with E-state index in [1.807, 2.05) is 0 Å². The lowest BCUT2D eigenvalue weighted by Gasteiger charge is -2.25. The number of carbonyl (C=O) groups is 2. The minimum Gasteiger partial charge on any atom is -0.363 e. The van der Waals surface area contributed by atoms with Crippen molar-refractivity contribution >= 4 is 17.8 Å². The zero-order valence-electron chi connectivity index (χ0n) is 13.0. The Balaban J connectivity index is 2.50. The fourth-order valence-corrected chi connectivity index (χ4v) is 1.89. The molecule has 7 nitrogen and oxygen atoms in total. The van der Waals surface area contributed by atoms with E-state index in [9.17, 15) is 9.59 Å². The Kier molecular flexibility index (Phi) is 7.28. The van der Waals surface area contributed by atoms with Gasteiger partial charge in [0, 0.05) is 26.7 Å². The molecule has 1 aromatic heterocycles. The smallest absolute Gasteiger partial charge is 0.319 e. The Morgan fingerprint density at radius 2 is 2.05 bits per heavy atom. The fraction of sp³-hybridized carbons (Fsp3) is 0.643. The normalized spacial score (nSPS) is 10.2. The summed E-state index contributed by atoms with van der Waals surface area (Å²) >= 11 is 0. The van der Waals surface area contributed by atoms with E-state index in [2.05, 4.69) is 21.9 Å². The van der Waals surface area contributed by atoms with Crippen molar-refractivity contribution in [1.82, 2.24) is 15.0 Å². The van der Waals surface area contributed by atoms with Crippen LogP contribution >= 0.6 is 0 Å². The van der Waals surface area contributed by atoms with Crippen LogP contribution in [0.2, 0.25) is 0 Å². The molecule has 0 unspecified atom stereocenters. The Labute approximate surface area is 125 Å². The number of hydrogen-bond acceptors (Lipinski definition) is 4. The quantitative estimate of drug-likeness (QED) is 0.746. The lowest BCUT2D eigenvalue weighted by atomic mass is 10.2. The third kappa shape index (κ3) is 6.29. The standard InChI is InChI=1S/C14H24N4O3/c1-4-5-6-7-9-18(14(20)17(2)3)11-13(19)15-12-8-10-21-16-12/h8,10H,4-7,9,11H2,1-3H3,(H,15,16,19). The lowest BCUT2D eigenvalue weighted by molar-refractivity contribution is -0.116. The molecule has 1 N–H and O–H groups in total. The van der Waals surface area contributed by atoms with E-state index in [0.717, 1.165) is 25.7 Å². The number of carbonyl (C=O) groups excluding carboxylic acids is 2. The number of nitrogens with one attached hydrogen (secondary N) is 1. The summed E-state index contributed by atoms with van der Waals surface area (Å²) in [7, 11) is 3.35. The van der Waals surface area contributed by atoms with Crippen LogP contribution in [0.5, 0.6) is 0 Å². The Morgan fingerprint density at radius 3 is 2.62 bits per heavy atom.